The molecule has 0 spiro atoms. The van der Waals surface area contributed by atoms with Gasteiger partial charge in [0, 0.05) is 15.1 Å². The third-order valence-corrected chi connectivity index (χ3v) is 4.06. The topological polar surface area (TPSA) is 61.7 Å². The molecule has 0 saturated carbocycles. The highest BCUT2D eigenvalue weighted by molar-refractivity contribution is 9.10. The maximum Gasteiger partial charge on any atom is 0.272 e. The number of hydrazone groups is 1. The third-order valence-electron chi connectivity index (χ3n) is 2.55. The highest BCUT2D eigenvalue weighted by Crippen LogP contribution is 2.30. The number of benzene rings is 2. The van der Waals surface area contributed by atoms with Gasteiger partial charge in [-0.15, -0.1) is 0 Å². The molecular formula is C14H9Br2ClN2O2. The first-order valence-electron chi connectivity index (χ1n) is 5.75. The molecule has 0 aliphatic heterocycles. The summed E-state index contributed by atoms with van der Waals surface area (Å²) in [7, 11) is 0. The number of carbonyl (C=O) groups is 1. The van der Waals surface area contributed by atoms with Crippen LogP contribution in [0.5, 0.6) is 5.75 Å². The fraction of sp³-hybridized carbons (Fsp3) is 0. The summed E-state index contributed by atoms with van der Waals surface area (Å²) in [6.45, 7) is 0. The van der Waals surface area contributed by atoms with Crippen molar-refractivity contribution in [2.75, 3.05) is 0 Å². The number of phenols is 1. The van der Waals surface area contributed by atoms with Crippen LogP contribution in [0.4, 0.5) is 0 Å². The average Bonchev–Trinajstić information content (AvgIpc) is 2.44. The summed E-state index contributed by atoms with van der Waals surface area (Å²) in [5, 5.41) is 14.1. The van der Waals surface area contributed by atoms with Gasteiger partial charge in [0.25, 0.3) is 5.91 Å². The minimum atomic E-state index is -0.362. The van der Waals surface area contributed by atoms with Crippen LogP contribution in [0.1, 0.15) is 15.9 Å². The molecule has 0 bridgehead atoms. The van der Waals surface area contributed by atoms with Crippen LogP contribution in [-0.4, -0.2) is 17.2 Å². The van der Waals surface area contributed by atoms with Crippen LogP contribution in [0.25, 0.3) is 0 Å². The van der Waals surface area contributed by atoms with Crippen molar-refractivity contribution in [3.8, 4) is 5.75 Å². The van der Waals surface area contributed by atoms with Gasteiger partial charge in [-0.1, -0.05) is 23.7 Å². The zero-order valence-corrected chi connectivity index (χ0v) is 14.4. The first-order chi connectivity index (χ1) is 9.99. The highest BCUT2D eigenvalue weighted by Gasteiger charge is 2.08. The van der Waals surface area contributed by atoms with Gasteiger partial charge in [-0.2, -0.15) is 5.10 Å². The summed E-state index contributed by atoms with van der Waals surface area (Å²) in [6.07, 6.45) is 1.32. The Labute approximate surface area is 143 Å². The number of aromatic hydroxyl groups is 1. The van der Waals surface area contributed by atoms with Gasteiger partial charge in [0.05, 0.1) is 16.3 Å². The van der Waals surface area contributed by atoms with Crippen molar-refractivity contribution >= 4 is 55.6 Å². The van der Waals surface area contributed by atoms with E-state index in [1.54, 1.807) is 24.3 Å². The van der Waals surface area contributed by atoms with Crippen molar-refractivity contribution in [2.24, 2.45) is 5.10 Å². The lowest BCUT2D eigenvalue weighted by Crippen LogP contribution is -2.18. The van der Waals surface area contributed by atoms with Crippen LogP contribution in [-0.2, 0) is 0 Å². The second-order valence-corrected chi connectivity index (χ2v) is 6.15. The average molecular weight is 432 g/mol. The lowest BCUT2D eigenvalue weighted by molar-refractivity contribution is 0.0954. The van der Waals surface area contributed by atoms with E-state index < -0.39 is 0 Å². The van der Waals surface area contributed by atoms with Crippen molar-refractivity contribution in [1.29, 1.82) is 0 Å². The van der Waals surface area contributed by atoms with Gasteiger partial charge >= 0.3 is 0 Å². The highest BCUT2D eigenvalue weighted by atomic mass is 79.9. The molecule has 0 aliphatic rings. The fourth-order valence-electron chi connectivity index (χ4n) is 1.55. The van der Waals surface area contributed by atoms with Crippen molar-refractivity contribution in [3.05, 3.63) is 61.5 Å². The van der Waals surface area contributed by atoms with E-state index in [-0.39, 0.29) is 11.7 Å². The minimum absolute atomic E-state index is 0.00158. The zero-order chi connectivity index (χ0) is 15.4. The van der Waals surface area contributed by atoms with Gasteiger partial charge in [0.1, 0.15) is 5.75 Å². The Morgan fingerprint density at radius 3 is 2.67 bits per heavy atom. The summed E-state index contributed by atoms with van der Waals surface area (Å²) in [6, 6.07) is 10.1. The summed E-state index contributed by atoms with van der Waals surface area (Å²) >= 11 is 12.3. The molecular weight excluding hydrogens is 423 g/mol. The predicted octanol–water partition coefficient (Wildman–Crippen LogP) is 4.33. The summed E-state index contributed by atoms with van der Waals surface area (Å²) in [5.74, 6) is -0.363. The van der Waals surface area contributed by atoms with Crippen LogP contribution in [0.15, 0.2) is 50.4 Å². The zero-order valence-electron chi connectivity index (χ0n) is 10.5. The van der Waals surface area contributed by atoms with Crippen LogP contribution in [0.2, 0.25) is 5.02 Å². The van der Waals surface area contributed by atoms with E-state index in [0.717, 1.165) is 0 Å². The molecule has 7 heteroatoms. The van der Waals surface area contributed by atoms with E-state index >= 15 is 0 Å². The molecule has 0 atom stereocenters. The molecule has 2 rings (SSSR count). The molecule has 0 heterocycles. The van der Waals surface area contributed by atoms with E-state index in [0.29, 0.717) is 25.1 Å². The number of halogens is 3. The van der Waals surface area contributed by atoms with Crippen molar-refractivity contribution < 1.29 is 9.90 Å². The Balaban J connectivity index is 2.13. The van der Waals surface area contributed by atoms with Gasteiger partial charge in [0.15, 0.2) is 0 Å². The number of nitrogens with zero attached hydrogens (tertiary/aromatic N) is 1. The van der Waals surface area contributed by atoms with Crippen LogP contribution in [0, 0.1) is 0 Å². The maximum atomic E-state index is 11.9. The molecule has 21 heavy (non-hydrogen) atoms. The van der Waals surface area contributed by atoms with Crippen molar-refractivity contribution in [3.63, 3.8) is 0 Å². The Morgan fingerprint density at radius 2 is 1.95 bits per heavy atom. The van der Waals surface area contributed by atoms with E-state index in [2.05, 4.69) is 42.4 Å². The normalized spacial score (nSPS) is 10.8. The molecule has 1 amide bonds. The molecule has 0 saturated heterocycles. The number of phenolic OH excluding ortho intramolecular Hbond substituents is 1. The summed E-state index contributed by atoms with van der Waals surface area (Å²) < 4.78 is 1.12. The lowest BCUT2D eigenvalue weighted by atomic mass is 10.2. The molecule has 2 N–H and O–H groups in total. The molecule has 0 fully saturated rings. The van der Waals surface area contributed by atoms with Gasteiger partial charge < -0.3 is 5.11 Å². The first kappa shape index (κ1) is 16.0. The Hall–Kier alpha value is -1.37. The Morgan fingerprint density at radius 1 is 1.24 bits per heavy atom. The van der Waals surface area contributed by atoms with Gasteiger partial charge in [-0.05, 0) is 56.1 Å². The molecule has 0 radical (unpaired) electrons. The summed E-state index contributed by atoms with van der Waals surface area (Å²) in [4.78, 5) is 11.9. The fourth-order valence-corrected chi connectivity index (χ4v) is 2.85. The largest absolute Gasteiger partial charge is 0.506 e. The standard InChI is InChI=1S/C14H9Br2ClN2O2/c15-11-4-2-1-3-10(11)14(21)19-18-7-8-5-9(17)6-12(16)13(8)20/h1-7,20H,(H,19,21)/b18-7+. The van der Waals surface area contributed by atoms with Crippen LogP contribution in [0.3, 0.4) is 0 Å². The first-order valence-corrected chi connectivity index (χ1v) is 7.71. The third kappa shape index (κ3) is 4.06. The Kier molecular flexibility index (Phi) is 5.39. The number of carbonyl (C=O) groups excluding carboxylic acids is 1. The molecule has 0 unspecified atom stereocenters. The second kappa shape index (κ2) is 7.06. The monoisotopic (exact) mass is 430 g/mol. The molecule has 0 aromatic heterocycles. The number of amides is 1. The van der Waals surface area contributed by atoms with E-state index in [4.69, 9.17) is 11.6 Å². The minimum Gasteiger partial charge on any atom is -0.506 e. The van der Waals surface area contributed by atoms with Gasteiger partial charge in [-0.25, -0.2) is 5.43 Å². The SMILES string of the molecule is O=C(N/N=C/c1cc(Cl)cc(Br)c1O)c1ccccc1Br. The molecule has 2 aromatic rings. The lowest BCUT2D eigenvalue weighted by Gasteiger charge is -2.04. The van der Waals surface area contributed by atoms with Crippen LogP contribution < -0.4 is 5.43 Å². The molecule has 108 valence electrons. The van der Waals surface area contributed by atoms with E-state index in [9.17, 15) is 9.90 Å². The molecule has 2 aromatic carbocycles. The smallest absolute Gasteiger partial charge is 0.272 e. The second-order valence-electron chi connectivity index (χ2n) is 4.00. The molecule has 4 nitrogen and oxygen atoms in total. The quantitative estimate of drug-likeness (QED) is 0.560. The van der Waals surface area contributed by atoms with Gasteiger partial charge in [0.2, 0.25) is 0 Å². The van der Waals surface area contributed by atoms with E-state index in [1.807, 2.05) is 6.07 Å². The van der Waals surface area contributed by atoms with Gasteiger partial charge in [-0.3, -0.25) is 4.79 Å². The van der Waals surface area contributed by atoms with E-state index in [1.165, 1.54) is 12.3 Å². The predicted molar refractivity (Wildman–Crippen MR) is 90.0 cm³/mol. The Bertz CT molecular complexity index is 720. The number of rotatable bonds is 3. The van der Waals surface area contributed by atoms with Crippen molar-refractivity contribution in [2.45, 2.75) is 0 Å². The number of hydrogen-bond donors (Lipinski definition) is 2. The summed E-state index contributed by atoms with van der Waals surface area (Å²) in [5.41, 5.74) is 3.24. The number of nitrogens with one attached hydrogen (secondary N) is 1. The maximum absolute atomic E-state index is 11.9. The number of hydrogen-bond acceptors (Lipinski definition) is 3. The van der Waals surface area contributed by atoms with Crippen LogP contribution >= 0.6 is 43.5 Å². The molecule has 0 aliphatic carbocycles. The van der Waals surface area contributed by atoms with Crippen molar-refractivity contribution in [1.82, 2.24) is 5.43 Å².